The van der Waals surface area contributed by atoms with E-state index in [0.717, 1.165) is 42.9 Å². The molecule has 116 valence electrons. The van der Waals surface area contributed by atoms with Crippen LogP contribution in [0.2, 0.25) is 0 Å². The van der Waals surface area contributed by atoms with E-state index in [1.54, 1.807) is 0 Å². The van der Waals surface area contributed by atoms with Crippen molar-refractivity contribution >= 4 is 18.3 Å². The first-order valence-corrected chi connectivity index (χ1v) is 7.15. The molecule has 2 aliphatic heterocycles. The number of ether oxygens (including phenoxy) is 2. The van der Waals surface area contributed by atoms with Crippen LogP contribution in [0.1, 0.15) is 31.7 Å². The van der Waals surface area contributed by atoms with E-state index in [1.807, 2.05) is 18.2 Å². The summed E-state index contributed by atoms with van der Waals surface area (Å²) >= 11 is 0. The molecule has 0 aromatic heterocycles. The molecule has 1 aromatic carbocycles. The van der Waals surface area contributed by atoms with Gasteiger partial charge in [-0.15, -0.1) is 12.4 Å². The molecule has 0 aliphatic carbocycles. The highest BCUT2D eigenvalue weighted by Gasteiger charge is 2.38. The molecule has 5 nitrogen and oxygen atoms in total. The standard InChI is InChI=1S/C15H20N2O3.ClH/c1-2-15(6-3-7-17-15)14(18)16-9-11-4-5-12-13(8-11)20-10-19-12;/h4-5,8,17H,2-3,6-7,9-10H2,1H3,(H,16,18);1H. The number of benzene rings is 1. The maximum Gasteiger partial charge on any atom is 0.240 e. The number of nitrogens with one attached hydrogen (secondary N) is 2. The van der Waals surface area contributed by atoms with Crippen LogP contribution in [0, 0.1) is 0 Å². The lowest BCUT2D eigenvalue weighted by atomic mass is 9.93. The summed E-state index contributed by atoms with van der Waals surface area (Å²) in [5.41, 5.74) is 0.642. The summed E-state index contributed by atoms with van der Waals surface area (Å²) in [6.45, 7) is 3.76. The predicted molar refractivity (Wildman–Crippen MR) is 81.9 cm³/mol. The topological polar surface area (TPSA) is 59.6 Å². The molecule has 0 radical (unpaired) electrons. The van der Waals surface area contributed by atoms with Crippen molar-refractivity contribution in [3.8, 4) is 11.5 Å². The van der Waals surface area contributed by atoms with Crippen molar-refractivity contribution in [2.24, 2.45) is 0 Å². The summed E-state index contributed by atoms with van der Waals surface area (Å²) in [7, 11) is 0. The van der Waals surface area contributed by atoms with Crippen LogP contribution in [0.5, 0.6) is 11.5 Å². The highest BCUT2D eigenvalue weighted by Crippen LogP contribution is 2.32. The Bertz CT molecular complexity index is 516. The minimum absolute atomic E-state index is 0. The molecule has 0 saturated carbocycles. The Balaban J connectivity index is 0.00000161. The fourth-order valence-electron chi connectivity index (χ4n) is 2.86. The Morgan fingerprint density at radius 1 is 1.38 bits per heavy atom. The monoisotopic (exact) mass is 312 g/mol. The lowest BCUT2D eigenvalue weighted by Crippen LogP contribution is -2.52. The third-order valence-corrected chi connectivity index (χ3v) is 4.17. The van der Waals surface area contributed by atoms with Gasteiger partial charge < -0.3 is 20.1 Å². The van der Waals surface area contributed by atoms with Crippen LogP contribution in [0.25, 0.3) is 0 Å². The van der Waals surface area contributed by atoms with Crippen molar-refractivity contribution in [1.29, 1.82) is 0 Å². The van der Waals surface area contributed by atoms with E-state index in [1.165, 1.54) is 0 Å². The predicted octanol–water partition coefficient (Wildman–Crippen LogP) is 1.99. The third kappa shape index (κ3) is 3.09. The molecule has 1 aromatic rings. The van der Waals surface area contributed by atoms with Gasteiger partial charge in [0.25, 0.3) is 0 Å². The number of fused-ring (bicyclic) bond motifs is 1. The van der Waals surface area contributed by atoms with Crippen LogP contribution < -0.4 is 20.1 Å². The van der Waals surface area contributed by atoms with E-state index >= 15 is 0 Å². The van der Waals surface area contributed by atoms with Crippen molar-refractivity contribution in [2.75, 3.05) is 13.3 Å². The lowest BCUT2D eigenvalue weighted by Gasteiger charge is -2.26. The van der Waals surface area contributed by atoms with Gasteiger partial charge in [-0.25, -0.2) is 0 Å². The van der Waals surface area contributed by atoms with Crippen molar-refractivity contribution in [2.45, 2.75) is 38.3 Å². The zero-order valence-corrected chi connectivity index (χ0v) is 12.9. The first-order chi connectivity index (χ1) is 9.73. The first kappa shape index (κ1) is 15.9. The SMILES string of the molecule is CCC1(C(=O)NCc2ccc3c(c2)OCO3)CCCN1.Cl. The van der Waals surface area contributed by atoms with Crippen molar-refractivity contribution in [3.05, 3.63) is 23.8 Å². The molecule has 0 spiro atoms. The Morgan fingerprint density at radius 3 is 2.90 bits per heavy atom. The summed E-state index contributed by atoms with van der Waals surface area (Å²) in [4.78, 5) is 12.4. The van der Waals surface area contributed by atoms with E-state index < -0.39 is 0 Å². The smallest absolute Gasteiger partial charge is 0.240 e. The normalized spacial score (nSPS) is 22.7. The van der Waals surface area contributed by atoms with Gasteiger partial charge in [-0.1, -0.05) is 13.0 Å². The van der Waals surface area contributed by atoms with Crippen molar-refractivity contribution in [3.63, 3.8) is 0 Å². The molecular weight excluding hydrogens is 292 g/mol. The van der Waals surface area contributed by atoms with Gasteiger partial charge in [0.1, 0.15) is 0 Å². The van der Waals surface area contributed by atoms with Gasteiger partial charge in [-0.05, 0) is 43.5 Å². The molecule has 0 bridgehead atoms. The van der Waals surface area contributed by atoms with Crippen LogP contribution in [0.4, 0.5) is 0 Å². The zero-order valence-electron chi connectivity index (χ0n) is 12.1. The van der Waals surface area contributed by atoms with Gasteiger partial charge >= 0.3 is 0 Å². The molecule has 2 aliphatic rings. The average Bonchev–Trinajstić information content (AvgIpc) is 3.13. The molecule has 1 fully saturated rings. The molecular formula is C15H21ClN2O3. The van der Waals surface area contributed by atoms with E-state index in [2.05, 4.69) is 17.6 Å². The van der Waals surface area contributed by atoms with E-state index in [0.29, 0.717) is 6.54 Å². The fourth-order valence-corrected chi connectivity index (χ4v) is 2.86. The molecule has 1 saturated heterocycles. The second-order valence-electron chi connectivity index (χ2n) is 5.34. The number of amides is 1. The number of carbonyl (C=O) groups excluding carboxylic acids is 1. The first-order valence-electron chi connectivity index (χ1n) is 7.15. The Kier molecular flexibility index (Phi) is 4.96. The number of hydrogen-bond acceptors (Lipinski definition) is 4. The van der Waals surface area contributed by atoms with E-state index in [9.17, 15) is 4.79 Å². The zero-order chi connectivity index (χ0) is 14.0. The molecule has 2 N–H and O–H groups in total. The van der Waals surface area contributed by atoms with E-state index in [-0.39, 0.29) is 30.6 Å². The van der Waals surface area contributed by atoms with Crippen LogP contribution >= 0.6 is 12.4 Å². The highest BCUT2D eigenvalue weighted by molar-refractivity contribution is 5.86. The Hall–Kier alpha value is -1.46. The number of halogens is 1. The van der Waals surface area contributed by atoms with Crippen LogP contribution in [-0.4, -0.2) is 24.8 Å². The minimum atomic E-state index is -0.379. The molecule has 1 atom stereocenters. The van der Waals surface area contributed by atoms with Crippen molar-refractivity contribution < 1.29 is 14.3 Å². The summed E-state index contributed by atoms with van der Waals surface area (Å²) in [5, 5.41) is 6.37. The molecule has 3 rings (SSSR count). The summed E-state index contributed by atoms with van der Waals surface area (Å²) in [6.07, 6.45) is 2.79. The van der Waals surface area contributed by atoms with Gasteiger partial charge in [0.15, 0.2) is 11.5 Å². The molecule has 1 unspecified atom stereocenters. The second kappa shape index (κ2) is 6.54. The Labute approximate surface area is 130 Å². The third-order valence-electron chi connectivity index (χ3n) is 4.17. The van der Waals surface area contributed by atoms with E-state index in [4.69, 9.17) is 9.47 Å². The summed E-state index contributed by atoms with van der Waals surface area (Å²) < 4.78 is 10.6. The van der Waals surface area contributed by atoms with Gasteiger partial charge in [0.2, 0.25) is 12.7 Å². The lowest BCUT2D eigenvalue weighted by molar-refractivity contribution is -0.127. The number of rotatable bonds is 4. The van der Waals surface area contributed by atoms with Crippen LogP contribution in [0.3, 0.4) is 0 Å². The fraction of sp³-hybridized carbons (Fsp3) is 0.533. The van der Waals surface area contributed by atoms with Gasteiger partial charge in [-0.2, -0.15) is 0 Å². The maximum absolute atomic E-state index is 12.4. The molecule has 1 amide bonds. The van der Waals surface area contributed by atoms with Gasteiger partial charge in [-0.3, -0.25) is 4.79 Å². The van der Waals surface area contributed by atoms with Crippen LogP contribution in [0.15, 0.2) is 18.2 Å². The molecule has 21 heavy (non-hydrogen) atoms. The molecule has 6 heteroatoms. The van der Waals surface area contributed by atoms with Gasteiger partial charge in [0.05, 0.1) is 5.54 Å². The largest absolute Gasteiger partial charge is 0.454 e. The number of hydrogen-bond donors (Lipinski definition) is 2. The quantitative estimate of drug-likeness (QED) is 0.892. The average molecular weight is 313 g/mol. The minimum Gasteiger partial charge on any atom is -0.454 e. The summed E-state index contributed by atoms with van der Waals surface area (Å²) in [5.74, 6) is 1.61. The maximum atomic E-state index is 12.4. The van der Waals surface area contributed by atoms with Crippen LogP contribution in [-0.2, 0) is 11.3 Å². The second-order valence-corrected chi connectivity index (χ2v) is 5.34. The summed E-state index contributed by atoms with van der Waals surface area (Å²) in [6, 6.07) is 5.75. The Morgan fingerprint density at radius 2 is 2.19 bits per heavy atom. The molecule has 2 heterocycles. The highest BCUT2D eigenvalue weighted by atomic mass is 35.5. The number of carbonyl (C=O) groups is 1. The van der Waals surface area contributed by atoms with Gasteiger partial charge in [0, 0.05) is 6.54 Å². The van der Waals surface area contributed by atoms with Crippen molar-refractivity contribution in [1.82, 2.24) is 10.6 Å².